The van der Waals surface area contributed by atoms with Crippen LogP contribution in [0.2, 0.25) is 0 Å². The maximum atomic E-state index is 5.37. The number of nitrogens with zero attached hydrogens (tertiary/aromatic N) is 3. The lowest BCUT2D eigenvalue weighted by Crippen LogP contribution is -2.45. The van der Waals surface area contributed by atoms with E-state index in [0.29, 0.717) is 13.2 Å². The zero-order valence-corrected chi connectivity index (χ0v) is 9.30. The van der Waals surface area contributed by atoms with Gasteiger partial charge in [-0.3, -0.25) is 0 Å². The van der Waals surface area contributed by atoms with Crippen LogP contribution in [-0.2, 0) is 10.2 Å². The van der Waals surface area contributed by atoms with E-state index in [1.807, 2.05) is 12.3 Å². The van der Waals surface area contributed by atoms with Crippen molar-refractivity contribution >= 4 is 5.65 Å². The predicted molar refractivity (Wildman–Crippen MR) is 57.7 cm³/mol. The smallest absolute Gasteiger partial charge is 0.157 e. The predicted octanol–water partition coefficient (Wildman–Crippen LogP) is 1.03. The van der Waals surface area contributed by atoms with Crippen molar-refractivity contribution in [2.24, 2.45) is 0 Å². The molecule has 5 heteroatoms. The minimum atomic E-state index is -0.0379. The quantitative estimate of drug-likeness (QED) is 0.756. The topological polar surface area (TPSA) is 48.7 Å². The Balaban J connectivity index is 2.20. The van der Waals surface area contributed by atoms with E-state index in [9.17, 15) is 0 Å². The van der Waals surface area contributed by atoms with Gasteiger partial charge in [0.1, 0.15) is 11.4 Å². The van der Waals surface area contributed by atoms with Crippen LogP contribution in [0.25, 0.3) is 5.65 Å². The van der Waals surface area contributed by atoms with Crippen LogP contribution in [0.15, 0.2) is 18.5 Å². The zero-order valence-electron chi connectivity index (χ0n) is 9.30. The van der Waals surface area contributed by atoms with E-state index in [4.69, 9.17) is 9.47 Å². The SMILES string of the molecule is COc1cc2nccn2nc1C1(C)COC1. The number of rotatable bonds is 2. The summed E-state index contributed by atoms with van der Waals surface area (Å²) in [6.07, 6.45) is 3.56. The van der Waals surface area contributed by atoms with E-state index in [0.717, 1.165) is 17.1 Å². The fourth-order valence-corrected chi connectivity index (χ4v) is 1.96. The van der Waals surface area contributed by atoms with Gasteiger partial charge >= 0.3 is 0 Å². The molecule has 2 aromatic rings. The highest BCUT2D eigenvalue weighted by Crippen LogP contribution is 2.36. The van der Waals surface area contributed by atoms with Gasteiger partial charge in [-0.15, -0.1) is 0 Å². The van der Waals surface area contributed by atoms with Crippen molar-refractivity contribution in [1.29, 1.82) is 0 Å². The number of aromatic nitrogens is 3. The number of ether oxygens (including phenoxy) is 2. The average molecular weight is 219 g/mol. The molecule has 0 aliphatic carbocycles. The van der Waals surface area contributed by atoms with Crippen molar-refractivity contribution in [3.05, 3.63) is 24.2 Å². The van der Waals surface area contributed by atoms with Crippen LogP contribution in [0.3, 0.4) is 0 Å². The maximum absolute atomic E-state index is 5.37. The molecular weight excluding hydrogens is 206 g/mol. The first-order valence-corrected chi connectivity index (χ1v) is 5.19. The lowest BCUT2D eigenvalue weighted by atomic mass is 9.84. The highest BCUT2D eigenvalue weighted by molar-refractivity contribution is 5.47. The molecule has 0 bridgehead atoms. The molecule has 1 aliphatic heterocycles. The normalized spacial score (nSPS) is 18.4. The third-order valence-electron chi connectivity index (χ3n) is 2.98. The molecule has 0 saturated carbocycles. The lowest BCUT2D eigenvalue weighted by Gasteiger charge is -2.37. The van der Waals surface area contributed by atoms with Crippen molar-refractivity contribution in [2.75, 3.05) is 20.3 Å². The van der Waals surface area contributed by atoms with Crippen LogP contribution in [0.5, 0.6) is 5.75 Å². The summed E-state index contributed by atoms with van der Waals surface area (Å²) in [5.41, 5.74) is 1.69. The fraction of sp³-hybridized carbons (Fsp3) is 0.455. The highest BCUT2D eigenvalue weighted by atomic mass is 16.5. The van der Waals surface area contributed by atoms with Gasteiger partial charge in [0.25, 0.3) is 0 Å². The summed E-state index contributed by atoms with van der Waals surface area (Å²) in [6.45, 7) is 3.51. The van der Waals surface area contributed by atoms with Gasteiger partial charge in [-0.2, -0.15) is 5.10 Å². The second-order valence-electron chi connectivity index (χ2n) is 4.34. The fourth-order valence-electron chi connectivity index (χ4n) is 1.96. The molecule has 0 spiro atoms. The molecule has 2 aromatic heterocycles. The summed E-state index contributed by atoms with van der Waals surface area (Å²) in [5, 5.41) is 4.55. The Morgan fingerprint density at radius 3 is 2.94 bits per heavy atom. The van der Waals surface area contributed by atoms with E-state index in [1.54, 1.807) is 17.8 Å². The van der Waals surface area contributed by atoms with Crippen molar-refractivity contribution in [1.82, 2.24) is 14.6 Å². The molecule has 0 N–H and O–H groups in total. The number of hydrogen-bond acceptors (Lipinski definition) is 4. The Morgan fingerprint density at radius 1 is 1.50 bits per heavy atom. The maximum Gasteiger partial charge on any atom is 0.157 e. The van der Waals surface area contributed by atoms with Gasteiger partial charge in [-0.1, -0.05) is 0 Å². The summed E-state index contributed by atoms with van der Waals surface area (Å²) in [5.74, 6) is 0.782. The average Bonchev–Trinajstić information content (AvgIpc) is 2.71. The van der Waals surface area contributed by atoms with Gasteiger partial charge in [0.15, 0.2) is 5.65 Å². The second-order valence-corrected chi connectivity index (χ2v) is 4.34. The van der Waals surface area contributed by atoms with Gasteiger partial charge in [-0.25, -0.2) is 9.50 Å². The van der Waals surface area contributed by atoms with Crippen LogP contribution >= 0.6 is 0 Å². The van der Waals surface area contributed by atoms with Crippen molar-refractivity contribution in [3.8, 4) is 5.75 Å². The summed E-state index contributed by atoms with van der Waals surface area (Å²) < 4.78 is 12.4. The summed E-state index contributed by atoms with van der Waals surface area (Å²) in [4.78, 5) is 4.18. The van der Waals surface area contributed by atoms with Gasteiger partial charge in [0.2, 0.25) is 0 Å². The van der Waals surface area contributed by atoms with Crippen LogP contribution in [0, 0.1) is 0 Å². The molecule has 1 saturated heterocycles. The van der Waals surface area contributed by atoms with Crippen LogP contribution in [0.1, 0.15) is 12.6 Å². The van der Waals surface area contributed by atoms with Crippen molar-refractivity contribution in [3.63, 3.8) is 0 Å². The van der Waals surface area contributed by atoms with E-state index < -0.39 is 0 Å². The number of fused-ring (bicyclic) bond motifs is 1. The van der Waals surface area contributed by atoms with E-state index in [1.165, 1.54) is 0 Å². The monoisotopic (exact) mass is 219 g/mol. The Bertz CT molecular complexity index is 531. The first-order chi connectivity index (χ1) is 7.73. The summed E-state index contributed by atoms with van der Waals surface area (Å²) in [7, 11) is 1.66. The van der Waals surface area contributed by atoms with E-state index in [2.05, 4.69) is 17.0 Å². The largest absolute Gasteiger partial charge is 0.495 e. The summed E-state index contributed by atoms with van der Waals surface area (Å²) >= 11 is 0. The molecule has 5 nitrogen and oxygen atoms in total. The van der Waals surface area contributed by atoms with Crippen LogP contribution < -0.4 is 4.74 Å². The molecule has 0 amide bonds. The first-order valence-electron chi connectivity index (χ1n) is 5.19. The Hall–Kier alpha value is -1.62. The number of methoxy groups -OCH3 is 1. The standard InChI is InChI=1S/C11H13N3O2/c1-11(6-16-7-11)10-8(15-2)5-9-12-3-4-14(9)13-10/h3-5H,6-7H2,1-2H3. The molecule has 84 valence electrons. The Morgan fingerprint density at radius 2 is 2.31 bits per heavy atom. The molecule has 1 fully saturated rings. The molecule has 0 atom stereocenters. The van der Waals surface area contributed by atoms with Crippen LogP contribution in [0.4, 0.5) is 0 Å². The molecule has 0 radical (unpaired) electrons. The molecule has 3 rings (SSSR count). The molecular formula is C11H13N3O2. The third kappa shape index (κ3) is 1.21. The number of hydrogen-bond donors (Lipinski definition) is 0. The third-order valence-corrected chi connectivity index (χ3v) is 2.98. The highest BCUT2D eigenvalue weighted by Gasteiger charge is 2.39. The Kier molecular flexibility index (Phi) is 1.91. The van der Waals surface area contributed by atoms with Crippen molar-refractivity contribution in [2.45, 2.75) is 12.3 Å². The van der Waals surface area contributed by atoms with Gasteiger partial charge in [0, 0.05) is 18.5 Å². The molecule has 1 aliphatic rings. The van der Waals surface area contributed by atoms with Gasteiger partial charge in [-0.05, 0) is 6.92 Å². The molecule has 0 aromatic carbocycles. The number of imidazole rings is 1. The second kappa shape index (κ2) is 3.18. The van der Waals surface area contributed by atoms with Crippen molar-refractivity contribution < 1.29 is 9.47 Å². The van der Waals surface area contributed by atoms with Crippen LogP contribution in [-0.4, -0.2) is 34.9 Å². The summed E-state index contributed by atoms with van der Waals surface area (Å²) in [6, 6.07) is 1.91. The Labute approximate surface area is 93.0 Å². The van der Waals surface area contributed by atoms with E-state index >= 15 is 0 Å². The van der Waals surface area contributed by atoms with E-state index in [-0.39, 0.29) is 5.41 Å². The first kappa shape index (κ1) is 9.59. The van der Waals surface area contributed by atoms with Gasteiger partial charge in [0.05, 0.1) is 25.7 Å². The lowest BCUT2D eigenvalue weighted by molar-refractivity contribution is -0.0535. The van der Waals surface area contributed by atoms with Gasteiger partial charge < -0.3 is 9.47 Å². The molecule has 0 unspecified atom stereocenters. The molecule has 3 heterocycles. The molecule has 16 heavy (non-hydrogen) atoms. The minimum Gasteiger partial charge on any atom is -0.495 e. The zero-order chi connectivity index (χ0) is 11.2. The minimum absolute atomic E-state index is 0.0379.